The van der Waals surface area contributed by atoms with Crippen LogP contribution in [0.15, 0.2) is 40.5 Å². The number of hydrogen-bond donors (Lipinski definition) is 1. The fourth-order valence-corrected chi connectivity index (χ4v) is 1.43. The van der Waals surface area contributed by atoms with Crippen LogP contribution in [0, 0.1) is 0 Å². The zero-order valence-corrected chi connectivity index (χ0v) is 8.87. The number of benzene rings is 1. The zero-order chi connectivity index (χ0) is 9.97. The van der Waals surface area contributed by atoms with Gasteiger partial charge in [-0.1, -0.05) is 15.9 Å². The third kappa shape index (κ3) is 2.14. The Labute approximate surface area is 89.9 Å². The maximum absolute atomic E-state index is 10.8. The number of hydrogen-bond acceptors (Lipinski definition) is 3. The molecule has 1 aliphatic rings. The molecule has 0 spiro atoms. The van der Waals surface area contributed by atoms with Crippen molar-refractivity contribution in [2.75, 3.05) is 11.9 Å². The summed E-state index contributed by atoms with van der Waals surface area (Å²) in [5, 5.41) is 3.09. The van der Waals surface area contributed by atoms with E-state index in [1.165, 1.54) is 6.08 Å². The quantitative estimate of drug-likeness (QED) is 0.823. The highest BCUT2D eigenvalue weighted by Crippen LogP contribution is 2.17. The van der Waals surface area contributed by atoms with Crippen LogP contribution in [0.1, 0.15) is 0 Å². The van der Waals surface area contributed by atoms with Gasteiger partial charge in [0.1, 0.15) is 6.61 Å². The number of carbonyl (C=O) groups excluding carboxylic acids is 1. The van der Waals surface area contributed by atoms with E-state index in [4.69, 9.17) is 4.74 Å². The number of halogens is 1. The molecule has 1 aliphatic heterocycles. The first kappa shape index (κ1) is 9.27. The lowest BCUT2D eigenvalue weighted by Gasteiger charge is -2.05. The van der Waals surface area contributed by atoms with Crippen LogP contribution in [0.25, 0.3) is 0 Å². The van der Waals surface area contributed by atoms with Gasteiger partial charge in [-0.15, -0.1) is 0 Å². The largest absolute Gasteiger partial charge is 0.456 e. The first-order valence-electron chi connectivity index (χ1n) is 4.14. The molecule has 2 rings (SSSR count). The molecule has 0 aliphatic carbocycles. The normalized spacial score (nSPS) is 14.9. The minimum absolute atomic E-state index is 0.287. The van der Waals surface area contributed by atoms with Gasteiger partial charge < -0.3 is 10.1 Å². The van der Waals surface area contributed by atoms with Crippen LogP contribution >= 0.6 is 15.9 Å². The second-order valence-corrected chi connectivity index (χ2v) is 3.82. The first-order chi connectivity index (χ1) is 6.74. The van der Waals surface area contributed by atoms with E-state index in [9.17, 15) is 4.79 Å². The Bertz CT molecular complexity index is 384. The maximum atomic E-state index is 10.8. The summed E-state index contributed by atoms with van der Waals surface area (Å²) in [4.78, 5) is 10.8. The van der Waals surface area contributed by atoms with Gasteiger partial charge in [0.25, 0.3) is 0 Å². The predicted molar refractivity (Wildman–Crippen MR) is 56.8 cm³/mol. The average molecular weight is 254 g/mol. The summed E-state index contributed by atoms with van der Waals surface area (Å²) in [7, 11) is 0. The monoisotopic (exact) mass is 253 g/mol. The van der Waals surface area contributed by atoms with Crippen molar-refractivity contribution >= 4 is 27.6 Å². The molecule has 0 bridgehead atoms. The van der Waals surface area contributed by atoms with Crippen LogP contribution in [-0.2, 0) is 9.53 Å². The van der Waals surface area contributed by atoms with Gasteiger partial charge in [0.05, 0.1) is 5.70 Å². The highest BCUT2D eigenvalue weighted by molar-refractivity contribution is 9.10. The summed E-state index contributed by atoms with van der Waals surface area (Å²) in [5.41, 5.74) is 1.73. The molecular formula is C10H8BrNO2. The number of anilines is 1. The Balaban J connectivity index is 2.08. The van der Waals surface area contributed by atoms with Gasteiger partial charge in [-0.25, -0.2) is 4.79 Å². The molecule has 0 radical (unpaired) electrons. The smallest absolute Gasteiger partial charge is 0.333 e. The van der Waals surface area contributed by atoms with Gasteiger partial charge in [-0.2, -0.15) is 0 Å². The molecular weight excluding hydrogens is 246 g/mol. The van der Waals surface area contributed by atoms with E-state index < -0.39 is 0 Å². The SMILES string of the molecule is O=C1C=C(Nc2ccc(Br)cc2)CO1. The van der Waals surface area contributed by atoms with Crippen molar-refractivity contribution in [3.63, 3.8) is 0 Å². The van der Waals surface area contributed by atoms with E-state index in [1.807, 2.05) is 24.3 Å². The number of ether oxygens (including phenoxy) is 1. The van der Waals surface area contributed by atoms with Crippen LogP contribution in [0.4, 0.5) is 5.69 Å². The lowest BCUT2D eigenvalue weighted by Crippen LogP contribution is -2.00. The average Bonchev–Trinajstić information content (AvgIpc) is 2.56. The molecule has 14 heavy (non-hydrogen) atoms. The summed E-state index contributed by atoms with van der Waals surface area (Å²) in [6.45, 7) is 0.328. The Morgan fingerprint density at radius 2 is 2.00 bits per heavy atom. The van der Waals surface area contributed by atoms with Crippen molar-refractivity contribution in [2.24, 2.45) is 0 Å². The van der Waals surface area contributed by atoms with Crippen LogP contribution in [0.5, 0.6) is 0 Å². The number of carbonyl (C=O) groups is 1. The van der Waals surface area contributed by atoms with Crippen molar-refractivity contribution in [3.05, 3.63) is 40.5 Å². The van der Waals surface area contributed by atoms with Gasteiger partial charge in [0, 0.05) is 16.2 Å². The van der Waals surface area contributed by atoms with Crippen LogP contribution in [0.3, 0.4) is 0 Å². The van der Waals surface area contributed by atoms with E-state index in [2.05, 4.69) is 21.2 Å². The number of esters is 1. The van der Waals surface area contributed by atoms with Crippen LogP contribution in [-0.4, -0.2) is 12.6 Å². The first-order valence-corrected chi connectivity index (χ1v) is 4.93. The number of cyclic esters (lactones) is 1. The van der Waals surface area contributed by atoms with Crippen molar-refractivity contribution < 1.29 is 9.53 Å². The van der Waals surface area contributed by atoms with Gasteiger partial charge in [-0.3, -0.25) is 0 Å². The van der Waals surface area contributed by atoms with Gasteiger partial charge in [-0.05, 0) is 24.3 Å². The van der Waals surface area contributed by atoms with Gasteiger partial charge >= 0.3 is 5.97 Å². The molecule has 1 aromatic carbocycles. The van der Waals surface area contributed by atoms with E-state index in [0.29, 0.717) is 6.61 Å². The van der Waals surface area contributed by atoms with Gasteiger partial charge in [0.2, 0.25) is 0 Å². The minimum Gasteiger partial charge on any atom is -0.456 e. The summed E-state index contributed by atoms with van der Waals surface area (Å²) in [6.07, 6.45) is 1.46. The highest BCUT2D eigenvalue weighted by Gasteiger charge is 2.12. The van der Waals surface area contributed by atoms with Crippen LogP contribution < -0.4 is 5.32 Å². The molecule has 0 saturated carbocycles. The summed E-state index contributed by atoms with van der Waals surface area (Å²) < 4.78 is 5.78. The third-order valence-electron chi connectivity index (χ3n) is 1.81. The van der Waals surface area contributed by atoms with Crippen LogP contribution in [0.2, 0.25) is 0 Å². The molecule has 0 unspecified atom stereocenters. The predicted octanol–water partition coefficient (Wildman–Crippen LogP) is 2.30. The fraction of sp³-hybridized carbons (Fsp3) is 0.100. The molecule has 1 heterocycles. The molecule has 72 valence electrons. The molecule has 4 heteroatoms. The Kier molecular flexibility index (Phi) is 2.54. The minimum atomic E-state index is -0.287. The van der Waals surface area contributed by atoms with Crippen molar-refractivity contribution in [2.45, 2.75) is 0 Å². The third-order valence-corrected chi connectivity index (χ3v) is 2.34. The second-order valence-electron chi connectivity index (χ2n) is 2.91. The van der Waals surface area contributed by atoms with E-state index >= 15 is 0 Å². The molecule has 3 nitrogen and oxygen atoms in total. The van der Waals surface area contributed by atoms with E-state index in [-0.39, 0.29) is 5.97 Å². The van der Waals surface area contributed by atoms with Crippen molar-refractivity contribution in [3.8, 4) is 0 Å². The maximum Gasteiger partial charge on any atom is 0.333 e. The standard InChI is InChI=1S/C10H8BrNO2/c11-7-1-3-8(4-2-7)12-9-5-10(13)14-6-9/h1-5,12H,6H2. The Morgan fingerprint density at radius 1 is 1.29 bits per heavy atom. The molecule has 0 saturated heterocycles. The molecule has 0 aromatic heterocycles. The fourth-order valence-electron chi connectivity index (χ4n) is 1.17. The molecule has 1 aromatic rings. The molecule has 0 amide bonds. The molecule has 1 N–H and O–H groups in total. The zero-order valence-electron chi connectivity index (χ0n) is 7.29. The topological polar surface area (TPSA) is 38.3 Å². The lowest BCUT2D eigenvalue weighted by molar-refractivity contribution is -0.134. The Morgan fingerprint density at radius 3 is 2.57 bits per heavy atom. The second kappa shape index (κ2) is 3.84. The Hall–Kier alpha value is -1.29. The summed E-state index contributed by atoms with van der Waals surface area (Å²) >= 11 is 3.35. The lowest BCUT2D eigenvalue weighted by atomic mass is 10.3. The van der Waals surface area contributed by atoms with Crippen molar-refractivity contribution in [1.82, 2.24) is 0 Å². The molecule has 0 atom stereocenters. The van der Waals surface area contributed by atoms with E-state index in [1.54, 1.807) is 0 Å². The summed E-state index contributed by atoms with van der Waals surface area (Å²) in [5.74, 6) is -0.287. The molecule has 0 fully saturated rings. The number of nitrogens with one attached hydrogen (secondary N) is 1. The summed E-state index contributed by atoms with van der Waals surface area (Å²) in [6, 6.07) is 7.71. The van der Waals surface area contributed by atoms with E-state index in [0.717, 1.165) is 15.9 Å². The van der Waals surface area contributed by atoms with Gasteiger partial charge in [0.15, 0.2) is 0 Å². The highest BCUT2D eigenvalue weighted by atomic mass is 79.9. The number of rotatable bonds is 2. The van der Waals surface area contributed by atoms with Crippen molar-refractivity contribution in [1.29, 1.82) is 0 Å².